The molecule has 1 fully saturated rings. The van der Waals surface area contributed by atoms with Gasteiger partial charge in [0.1, 0.15) is 11.5 Å². The number of nitrogens with zero attached hydrogens (tertiary/aromatic N) is 1. The van der Waals surface area contributed by atoms with Gasteiger partial charge in [-0.1, -0.05) is 36.4 Å². The molecule has 1 aliphatic heterocycles. The number of aliphatic hydroxyl groups excluding tert-OH is 1. The zero-order valence-corrected chi connectivity index (χ0v) is 19.1. The van der Waals surface area contributed by atoms with Gasteiger partial charge < -0.3 is 19.3 Å². The molecule has 1 atom stereocenters. The molecule has 0 aromatic heterocycles. The smallest absolute Gasteiger partial charge is 0.300 e. The molecule has 0 radical (unpaired) electrons. The standard InChI is InChI=1S/C27H25NO6/c1-4-34-20-13-11-19(12-14-20)28-24(18-10-15-21(32-2)22(16-18)33-3)23(26(30)27(28)31)25(29)17-8-6-5-7-9-17/h5-16,24,29H,4H2,1-3H3/b25-23+/t24-/m1/s1. The van der Waals surface area contributed by atoms with Gasteiger partial charge in [-0.3, -0.25) is 14.5 Å². The van der Waals surface area contributed by atoms with Gasteiger partial charge in [-0.15, -0.1) is 0 Å². The van der Waals surface area contributed by atoms with E-state index >= 15 is 0 Å². The van der Waals surface area contributed by atoms with Crippen molar-refractivity contribution >= 4 is 23.1 Å². The molecule has 1 aliphatic rings. The quantitative estimate of drug-likeness (QED) is 0.312. The number of benzene rings is 3. The van der Waals surface area contributed by atoms with Gasteiger partial charge in [0.2, 0.25) is 0 Å². The van der Waals surface area contributed by atoms with Crippen LogP contribution in [0, 0.1) is 0 Å². The van der Waals surface area contributed by atoms with Crippen LogP contribution in [-0.4, -0.2) is 37.6 Å². The summed E-state index contributed by atoms with van der Waals surface area (Å²) in [5.74, 6) is -0.150. The summed E-state index contributed by atoms with van der Waals surface area (Å²) in [6.45, 7) is 2.39. The van der Waals surface area contributed by atoms with E-state index in [9.17, 15) is 14.7 Å². The van der Waals surface area contributed by atoms with Crippen LogP contribution in [0.4, 0.5) is 5.69 Å². The van der Waals surface area contributed by atoms with Gasteiger partial charge in [0.15, 0.2) is 11.5 Å². The maximum absolute atomic E-state index is 13.3. The minimum atomic E-state index is -0.877. The molecule has 0 spiro atoms. The molecule has 3 aromatic rings. The number of ketones is 1. The summed E-state index contributed by atoms with van der Waals surface area (Å²) in [7, 11) is 3.04. The van der Waals surface area contributed by atoms with Crippen molar-refractivity contribution in [3.05, 3.63) is 89.5 Å². The van der Waals surface area contributed by atoms with Crippen LogP contribution in [0.3, 0.4) is 0 Å². The van der Waals surface area contributed by atoms with Crippen LogP contribution in [-0.2, 0) is 9.59 Å². The first kappa shape index (κ1) is 22.9. The Morgan fingerprint density at radius 2 is 1.59 bits per heavy atom. The first-order chi connectivity index (χ1) is 16.5. The zero-order valence-electron chi connectivity index (χ0n) is 19.1. The second-order valence-electron chi connectivity index (χ2n) is 7.58. The zero-order chi connectivity index (χ0) is 24.2. The molecule has 4 rings (SSSR count). The highest BCUT2D eigenvalue weighted by Crippen LogP contribution is 2.44. The van der Waals surface area contributed by atoms with Gasteiger partial charge in [0.25, 0.3) is 11.7 Å². The second kappa shape index (κ2) is 9.70. The van der Waals surface area contributed by atoms with Gasteiger partial charge in [0.05, 0.1) is 32.4 Å². The molecule has 1 N–H and O–H groups in total. The van der Waals surface area contributed by atoms with Gasteiger partial charge >= 0.3 is 0 Å². The fourth-order valence-electron chi connectivity index (χ4n) is 4.06. The number of hydrogen-bond donors (Lipinski definition) is 1. The summed E-state index contributed by atoms with van der Waals surface area (Å²) in [4.78, 5) is 27.9. The van der Waals surface area contributed by atoms with Gasteiger partial charge in [0, 0.05) is 11.3 Å². The van der Waals surface area contributed by atoms with Gasteiger partial charge in [-0.05, 0) is 48.9 Å². The minimum absolute atomic E-state index is 0.00250. The van der Waals surface area contributed by atoms with Crippen LogP contribution < -0.4 is 19.1 Å². The number of aliphatic hydroxyl groups is 1. The number of amides is 1. The Kier molecular flexibility index (Phi) is 6.54. The number of anilines is 1. The van der Waals surface area contributed by atoms with Crippen molar-refractivity contribution in [2.75, 3.05) is 25.7 Å². The maximum Gasteiger partial charge on any atom is 0.300 e. The lowest BCUT2D eigenvalue weighted by atomic mass is 9.94. The SMILES string of the molecule is CCOc1ccc(N2C(=O)C(=O)/C(=C(/O)c3ccccc3)[C@H]2c2ccc(OC)c(OC)c2)cc1. The third kappa shape index (κ3) is 4.08. The van der Waals surface area contributed by atoms with Crippen molar-refractivity contribution in [3.63, 3.8) is 0 Å². The fourth-order valence-corrected chi connectivity index (χ4v) is 4.06. The average molecular weight is 459 g/mol. The van der Waals surface area contributed by atoms with Crippen LogP contribution >= 0.6 is 0 Å². The van der Waals surface area contributed by atoms with E-state index in [1.165, 1.54) is 19.1 Å². The molecular formula is C27H25NO6. The number of methoxy groups -OCH3 is 2. The fraction of sp³-hybridized carbons (Fsp3) is 0.185. The molecule has 174 valence electrons. The molecule has 1 amide bonds. The lowest BCUT2D eigenvalue weighted by Gasteiger charge is -2.26. The summed E-state index contributed by atoms with van der Waals surface area (Å²) in [6.07, 6.45) is 0. The molecule has 0 unspecified atom stereocenters. The number of rotatable bonds is 7. The highest BCUT2D eigenvalue weighted by molar-refractivity contribution is 6.51. The molecule has 7 nitrogen and oxygen atoms in total. The topological polar surface area (TPSA) is 85.3 Å². The summed E-state index contributed by atoms with van der Waals surface area (Å²) in [5, 5.41) is 11.2. The van der Waals surface area contributed by atoms with Crippen LogP contribution in [0.5, 0.6) is 17.2 Å². The molecule has 1 saturated heterocycles. The predicted octanol–water partition coefficient (Wildman–Crippen LogP) is 4.73. The van der Waals surface area contributed by atoms with E-state index in [2.05, 4.69) is 0 Å². The van der Waals surface area contributed by atoms with Crippen molar-refractivity contribution in [2.24, 2.45) is 0 Å². The Balaban J connectivity index is 1.92. The second-order valence-corrected chi connectivity index (χ2v) is 7.58. The first-order valence-corrected chi connectivity index (χ1v) is 10.8. The first-order valence-electron chi connectivity index (χ1n) is 10.8. The minimum Gasteiger partial charge on any atom is -0.507 e. The van der Waals surface area contributed by atoms with Gasteiger partial charge in [-0.2, -0.15) is 0 Å². The highest BCUT2D eigenvalue weighted by atomic mass is 16.5. The molecule has 0 aliphatic carbocycles. The lowest BCUT2D eigenvalue weighted by molar-refractivity contribution is -0.132. The molecule has 0 bridgehead atoms. The van der Waals surface area contributed by atoms with E-state index in [1.807, 2.05) is 6.92 Å². The number of hydrogen-bond acceptors (Lipinski definition) is 6. The highest BCUT2D eigenvalue weighted by Gasteiger charge is 2.47. The van der Waals surface area contributed by atoms with E-state index in [-0.39, 0.29) is 11.3 Å². The predicted molar refractivity (Wildman–Crippen MR) is 128 cm³/mol. The average Bonchev–Trinajstić information content (AvgIpc) is 3.14. The lowest BCUT2D eigenvalue weighted by Crippen LogP contribution is -2.29. The summed E-state index contributed by atoms with van der Waals surface area (Å²) in [5.41, 5.74) is 1.52. The van der Waals surface area contributed by atoms with E-state index in [0.29, 0.717) is 40.7 Å². The number of carbonyl (C=O) groups excluding carboxylic acids is 2. The van der Waals surface area contributed by atoms with E-state index in [1.54, 1.807) is 72.8 Å². The molecule has 3 aromatic carbocycles. The van der Waals surface area contributed by atoms with Crippen LogP contribution in [0.25, 0.3) is 5.76 Å². The number of carbonyl (C=O) groups is 2. The molecule has 1 heterocycles. The van der Waals surface area contributed by atoms with E-state index < -0.39 is 17.7 Å². The Morgan fingerprint density at radius 1 is 0.912 bits per heavy atom. The number of Topliss-reactive ketones (excluding diaryl/α,β-unsaturated/α-hetero) is 1. The Bertz CT molecular complexity index is 1230. The largest absolute Gasteiger partial charge is 0.507 e. The summed E-state index contributed by atoms with van der Waals surface area (Å²) >= 11 is 0. The Morgan fingerprint density at radius 3 is 2.21 bits per heavy atom. The summed E-state index contributed by atoms with van der Waals surface area (Å²) < 4.78 is 16.3. The Hall–Kier alpha value is -4.26. The van der Waals surface area contributed by atoms with Crippen molar-refractivity contribution in [1.82, 2.24) is 0 Å². The molecular weight excluding hydrogens is 434 g/mol. The van der Waals surface area contributed by atoms with Crippen molar-refractivity contribution in [2.45, 2.75) is 13.0 Å². The van der Waals surface area contributed by atoms with Crippen LogP contribution in [0.2, 0.25) is 0 Å². The van der Waals surface area contributed by atoms with Gasteiger partial charge in [-0.25, -0.2) is 0 Å². The molecule has 0 saturated carbocycles. The third-order valence-electron chi connectivity index (χ3n) is 5.64. The van der Waals surface area contributed by atoms with Crippen LogP contribution in [0.1, 0.15) is 24.1 Å². The van der Waals surface area contributed by atoms with Crippen molar-refractivity contribution in [1.29, 1.82) is 0 Å². The third-order valence-corrected chi connectivity index (χ3v) is 5.64. The van der Waals surface area contributed by atoms with E-state index in [4.69, 9.17) is 14.2 Å². The summed E-state index contributed by atoms with van der Waals surface area (Å²) in [6, 6.07) is 19.9. The maximum atomic E-state index is 13.3. The van der Waals surface area contributed by atoms with Crippen molar-refractivity contribution < 1.29 is 28.9 Å². The molecule has 7 heteroatoms. The van der Waals surface area contributed by atoms with Crippen molar-refractivity contribution in [3.8, 4) is 17.2 Å². The normalized spacial score (nSPS) is 17.0. The van der Waals surface area contributed by atoms with E-state index in [0.717, 1.165) is 0 Å². The Labute approximate surface area is 197 Å². The van der Waals surface area contributed by atoms with Crippen LogP contribution in [0.15, 0.2) is 78.4 Å². The number of ether oxygens (including phenoxy) is 3. The monoisotopic (exact) mass is 459 g/mol. The molecule has 34 heavy (non-hydrogen) atoms.